The number of hydrogen-bond donors (Lipinski definition) is 1. The van der Waals surface area contributed by atoms with Gasteiger partial charge in [-0.3, -0.25) is 0 Å². The largest absolute Gasteiger partial charge is 0.388 e. The summed E-state index contributed by atoms with van der Waals surface area (Å²) in [5, 5.41) is 10.4. The maximum atomic E-state index is 13.6. The molecule has 0 saturated heterocycles. The molecular formula is C14H10BrClF2O. The van der Waals surface area contributed by atoms with Crippen LogP contribution >= 0.6 is 27.5 Å². The highest BCUT2D eigenvalue weighted by Crippen LogP contribution is 2.29. The fourth-order valence-electron chi connectivity index (χ4n) is 1.80. The van der Waals surface area contributed by atoms with E-state index < -0.39 is 17.7 Å². The Labute approximate surface area is 123 Å². The van der Waals surface area contributed by atoms with Gasteiger partial charge in [-0.1, -0.05) is 39.7 Å². The van der Waals surface area contributed by atoms with Crippen LogP contribution in [0.25, 0.3) is 0 Å². The number of aliphatic hydroxyl groups excluding tert-OH is 1. The lowest BCUT2D eigenvalue weighted by Gasteiger charge is -2.14. The van der Waals surface area contributed by atoms with Crippen LogP contribution in [0, 0.1) is 11.6 Å². The summed E-state index contributed by atoms with van der Waals surface area (Å²) in [5.74, 6) is -0.878. The number of aliphatic hydroxyl groups is 1. The first-order valence-electron chi connectivity index (χ1n) is 5.55. The highest BCUT2D eigenvalue weighted by atomic mass is 79.9. The lowest BCUT2D eigenvalue weighted by Crippen LogP contribution is -2.05. The Bertz CT molecular complexity index is 584. The highest BCUT2D eigenvalue weighted by molar-refractivity contribution is 9.10. The molecule has 0 aliphatic rings. The third kappa shape index (κ3) is 3.32. The molecule has 100 valence electrons. The van der Waals surface area contributed by atoms with Crippen molar-refractivity contribution in [2.75, 3.05) is 0 Å². The van der Waals surface area contributed by atoms with Gasteiger partial charge in [-0.05, 0) is 29.8 Å². The molecule has 1 nitrogen and oxygen atoms in total. The van der Waals surface area contributed by atoms with E-state index in [2.05, 4.69) is 15.9 Å². The minimum absolute atomic E-state index is 0.0236. The van der Waals surface area contributed by atoms with Crippen LogP contribution in [0.2, 0.25) is 5.02 Å². The summed E-state index contributed by atoms with van der Waals surface area (Å²) in [6.07, 6.45) is -0.945. The topological polar surface area (TPSA) is 20.2 Å². The molecule has 2 aromatic rings. The van der Waals surface area contributed by atoms with Crippen LogP contribution in [-0.2, 0) is 6.42 Å². The van der Waals surface area contributed by atoms with E-state index in [1.807, 2.05) is 0 Å². The average Bonchev–Trinajstić information content (AvgIpc) is 2.33. The molecule has 1 unspecified atom stereocenters. The summed E-state index contributed by atoms with van der Waals surface area (Å²) in [4.78, 5) is 0. The van der Waals surface area contributed by atoms with E-state index in [0.29, 0.717) is 10.0 Å². The Morgan fingerprint density at radius 1 is 1.21 bits per heavy atom. The van der Waals surface area contributed by atoms with Crippen LogP contribution in [0.3, 0.4) is 0 Å². The normalized spacial score (nSPS) is 12.5. The smallest absolute Gasteiger partial charge is 0.127 e. The van der Waals surface area contributed by atoms with Crippen molar-refractivity contribution in [1.82, 2.24) is 0 Å². The van der Waals surface area contributed by atoms with Gasteiger partial charge >= 0.3 is 0 Å². The lowest BCUT2D eigenvalue weighted by molar-refractivity contribution is 0.176. The van der Waals surface area contributed by atoms with Gasteiger partial charge in [0.05, 0.1) is 6.10 Å². The van der Waals surface area contributed by atoms with Crippen LogP contribution in [-0.4, -0.2) is 5.11 Å². The third-order valence-electron chi connectivity index (χ3n) is 2.78. The van der Waals surface area contributed by atoms with Crippen molar-refractivity contribution in [3.05, 3.63) is 68.7 Å². The van der Waals surface area contributed by atoms with E-state index in [0.717, 1.165) is 0 Å². The second-order valence-corrected chi connectivity index (χ2v) is 5.35. The third-order valence-corrected chi connectivity index (χ3v) is 3.82. The molecule has 0 aliphatic heterocycles. The molecule has 0 saturated carbocycles. The maximum Gasteiger partial charge on any atom is 0.127 e. The molecule has 1 atom stereocenters. The molecule has 2 rings (SSSR count). The molecule has 0 amide bonds. The van der Waals surface area contributed by atoms with E-state index >= 15 is 0 Å². The number of benzene rings is 2. The fourth-order valence-corrected chi connectivity index (χ4v) is 2.66. The predicted octanol–water partition coefficient (Wildman–Crippen LogP) is 4.66. The standard InChI is InChI=1S/C14H10BrClF2O/c15-11-6-8(17)4-5-9(11)14(19)7-10-12(16)2-1-3-13(10)18/h1-6,14,19H,7H2. The van der Waals surface area contributed by atoms with E-state index in [9.17, 15) is 13.9 Å². The van der Waals surface area contributed by atoms with E-state index in [4.69, 9.17) is 11.6 Å². The Morgan fingerprint density at radius 2 is 1.95 bits per heavy atom. The summed E-state index contributed by atoms with van der Waals surface area (Å²) < 4.78 is 27.0. The van der Waals surface area contributed by atoms with Crippen molar-refractivity contribution >= 4 is 27.5 Å². The summed E-state index contributed by atoms with van der Waals surface area (Å²) in [6.45, 7) is 0. The molecule has 0 fully saturated rings. The van der Waals surface area contributed by atoms with E-state index in [1.165, 1.54) is 30.3 Å². The van der Waals surface area contributed by atoms with Gasteiger partial charge in [0, 0.05) is 21.5 Å². The molecule has 0 spiro atoms. The van der Waals surface area contributed by atoms with Crippen molar-refractivity contribution in [2.45, 2.75) is 12.5 Å². The zero-order valence-electron chi connectivity index (χ0n) is 9.71. The average molecular weight is 348 g/mol. The van der Waals surface area contributed by atoms with Gasteiger partial charge in [-0.25, -0.2) is 8.78 Å². The summed E-state index contributed by atoms with van der Waals surface area (Å²) in [5.41, 5.74) is 0.730. The monoisotopic (exact) mass is 346 g/mol. The van der Waals surface area contributed by atoms with Gasteiger partial charge in [-0.2, -0.15) is 0 Å². The van der Waals surface area contributed by atoms with Crippen LogP contribution in [0.5, 0.6) is 0 Å². The molecule has 19 heavy (non-hydrogen) atoms. The Balaban J connectivity index is 2.28. The Kier molecular flexibility index (Phi) is 4.55. The summed E-state index contributed by atoms with van der Waals surface area (Å²) in [7, 11) is 0. The molecule has 1 N–H and O–H groups in total. The molecule has 5 heteroatoms. The molecule has 0 heterocycles. The van der Waals surface area contributed by atoms with E-state index in [1.54, 1.807) is 6.07 Å². The fraction of sp³-hybridized carbons (Fsp3) is 0.143. The van der Waals surface area contributed by atoms with E-state index in [-0.39, 0.29) is 17.0 Å². The summed E-state index contributed by atoms with van der Waals surface area (Å²) >= 11 is 9.07. The van der Waals surface area contributed by atoms with Crippen molar-refractivity contribution in [1.29, 1.82) is 0 Å². The van der Waals surface area contributed by atoms with Crippen LogP contribution in [0.15, 0.2) is 40.9 Å². The summed E-state index contributed by atoms with van der Waals surface area (Å²) in [6, 6.07) is 8.30. The first kappa shape index (κ1) is 14.4. The maximum absolute atomic E-state index is 13.6. The Hall–Kier alpha value is -0.970. The van der Waals surface area contributed by atoms with Crippen molar-refractivity contribution in [2.24, 2.45) is 0 Å². The van der Waals surface area contributed by atoms with Crippen molar-refractivity contribution < 1.29 is 13.9 Å². The number of halogens is 4. The van der Waals surface area contributed by atoms with Crippen LogP contribution in [0.1, 0.15) is 17.2 Å². The SMILES string of the molecule is OC(Cc1c(F)cccc1Cl)c1ccc(F)cc1Br. The van der Waals surface area contributed by atoms with Gasteiger partial charge in [0.2, 0.25) is 0 Å². The molecule has 0 aliphatic carbocycles. The first-order valence-corrected chi connectivity index (χ1v) is 6.72. The zero-order chi connectivity index (χ0) is 14.0. The molecule has 0 bridgehead atoms. The van der Waals surface area contributed by atoms with Gasteiger partial charge in [0.1, 0.15) is 11.6 Å². The molecular weight excluding hydrogens is 338 g/mol. The second kappa shape index (κ2) is 5.99. The Morgan fingerprint density at radius 3 is 2.58 bits per heavy atom. The highest BCUT2D eigenvalue weighted by Gasteiger charge is 2.16. The second-order valence-electron chi connectivity index (χ2n) is 4.09. The predicted molar refractivity (Wildman–Crippen MR) is 74.2 cm³/mol. The van der Waals surface area contributed by atoms with Crippen LogP contribution in [0.4, 0.5) is 8.78 Å². The van der Waals surface area contributed by atoms with Gasteiger partial charge < -0.3 is 5.11 Å². The lowest BCUT2D eigenvalue weighted by atomic mass is 10.0. The van der Waals surface area contributed by atoms with Crippen molar-refractivity contribution in [3.63, 3.8) is 0 Å². The van der Waals surface area contributed by atoms with Crippen molar-refractivity contribution in [3.8, 4) is 0 Å². The van der Waals surface area contributed by atoms with Crippen LogP contribution < -0.4 is 0 Å². The minimum atomic E-state index is -0.968. The number of hydrogen-bond acceptors (Lipinski definition) is 1. The van der Waals surface area contributed by atoms with Gasteiger partial charge in [-0.15, -0.1) is 0 Å². The molecule has 0 radical (unpaired) electrons. The first-order chi connectivity index (χ1) is 8.99. The number of rotatable bonds is 3. The molecule has 0 aromatic heterocycles. The minimum Gasteiger partial charge on any atom is -0.388 e. The molecule has 2 aromatic carbocycles. The zero-order valence-corrected chi connectivity index (χ0v) is 12.0. The quantitative estimate of drug-likeness (QED) is 0.856. The van der Waals surface area contributed by atoms with Gasteiger partial charge in [0.25, 0.3) is 0 Å². The van der Waals surface area contributed by atoms with Gasteiger partial charge in [0.15, 0.2) is 0 Å².